The van der Waals surface area contributed by atoms with Crippen LogP contribution in [0.5, 0.6) is 0 Å². The van der Waals surface area contributed by atoms with Crippen molar-refractivity contribution in [2.24, 2.45) is 0 Å². The van der Waals surface area contributed by atoms with E-state index >= 15 is 0 Å². The molecule has 2 aliphatic heterocycles. The van der Waals surface area contributed by atoms with Crippen LogP contribution in [-0.4, -0.2) is 29.2 Å². The van der Waals surface area contributed by atoms with Crippen LogP contribution in [0.3, 0.4) is 0 Å². The molecule has 0 spiro atoms. The zero-order valence-electron chi connectivity index (χ0n) is 12.6. The van der Waals surface area contributed by atoms with Crippen LogP contribution >= 0.6 is 0 Å². The number of hydrogen-bond acceptors (Lipinski definition) is 5. The van der Waals surface area contributed by atoms with E-state index in [1.807, 2.05) is 42.5 Å². The Morgan fingerprint density at radius 1 is 0.760 bits per heavy atom. The zero-order valence-corrected chi connectivity index (χ0v) is 13.4. The Labute approximate surface area is 142 Å². The van der Waals surface area contributed by atoms with Crippen LogP contribution in [0.1, 0.15) is 15.9 Å². The maximum absolute atomic E-state index is 12.4. The van der Waals surface area contributed by atoms with Gasteiger partial charge < -0.3 is 10.6 Å². The number of ketones is 1. The highest BCUT2D eigenvalue weighted by molar-refractivity contribution is 7.79. The Bertz CT molecular complexity index is 1020. The number of carbonyl (C=O) groups is 2. The molecule has 0 radical (unpaired) electrons. The molecule has 9 heteroatoms. The number of nitrogens with one attached hydrogen (secondary N) is 2. The third kappa shape index (κ3) is 3.43. The van der Waals surface area contributed by atoms with E-state index < -0.39 is 10.4 Å². The summed E-state index contributed by atoms with van der Waals surface area (Å²) in [7, 11) is -4.67. The summed E-state index contributed by atoms with van der Waals surface area (Å²) in [5.74, 6) is -0.377. The summed E-state index contributed by atoms with van der Waals surface area (Å²) in [6.07, 6.45) is 0. The summed E-state index contributed by atoms with van der Waals surface area (Å²) < 4.78 is 31.6. The Balaban J connectivity index is 0.000000324. The molecule has 4 N–H and O–H groups in total. The van der Waals surface area contributed by atoms with Crippen molar-refractivity contribution in [1.82, 2.24) is 0 Å². The molecule has 2 aromatic rings. The van der Waals surface area contributed by atoms with Crippen LogP contribution in [0.4, 0.5) is 11.4 Å². The van der Waals surface area contributed by atoms with Crippen molar-refractivity contribution in [1.29, 1.82) is 0 Å². The molecule has 128 valence electrons. The summed E-state index contributed by atoms with van der Waals surface area (Å²) in [5.41, 5.74) is 3.63. The highest BCUT2D eigenvalue weighted by Crippen LogP contribution is 2.38. The number of anilines is 2. The monoisotopic (exact) mass is 360 g/mol. The highest BCUT2D eigenvalue weighted by Gasteiger charge is 2.34. The van der Waals surface area contributed by atoms with Gasteiger partial charge in [-0.3, -0.25) is 18.7 Å². The lowest BCUT2D eigenvalue weighted by atomic mass is 10.0. The van der Waals surface area contributed by atoms with E-state index in [9.17, 15) is 9.59 Å². The maximum Gasteiger partial charge on any atom is 0.394 e. The third-order valence-electron chi connectivity index (χ3n) is 3.58. The summed E-state index contributed by atoms with van der Waals surface area (Å²) >= 11 is 0. The van der Waals surface area contributed by atoms with Gasteiger partial charge in [-0.05, 0) is 18.2 Å². The standard InChI is InChI=1S/C16H10N2O2.H2O4S/c19-15-10-6-2-4-8-12(10)17-14(15)13-9-5-1-3-7-11(9)18-16(13)20;1-5(2,3)4/h1-8,17H,(H,18,20);(H2,1,2,3,4)/b14-13+;. The van der Waals surface area contributed by atoms with Gasteiger partial charge in [0.05, 0.1) is 5.57 Å². The number of allylic oxidation sites excluding steroid dienone is 1. The van der Waals surface area contributed by atoms with E-state index in [2.05, 4.69) is 10.6 Å². The lowest BCUT2D eigenvalue weighted by Crippen LogP contribution is -2.11. The molecular formula is C16H12N2O6S. The second kappa shape index (κ2) is 6.13. The SMILES string of the molecule is O=C1Nc2ccccc2/C1=C1\Nc2ccccc2C1=O.O=S(=O)(O)O. The number of benzene rings is 2. The Morgan fingerprint density at radius 2 is 1.24 bits per heavy atom. The van der Waals surface area contributed by atoms with Gasteiger partial charge in [-0.15, -0.1) is 0 Å². The molecule has 0 bridgehead atoms. The third-order valence-corrected chi connectivity index (χ3v) is 3.58. The molecular weight excluding hydrogens is 348 g/mol. The molecule has 25 heavy (non-hydrogen) atoms. The molecule has 0 unspecified atom stereocenters. The Hall–Kier alpha value is -3.01. The van der Waals surface area contributed by atoms with Gasteiger partial charge in [-0.2, -0.15) is 8.42 Å². The second-order valence-corrected chi connectivity index (χ2v) is 6.09. The molecule has 0 atom stereocenters. The van der Waals surface area contributed by atoms with Crippen molar-refractivity contribution in [3.05, 3.63) is 65.4 Å². The summed E-state index contributed by atoms with van der Waals surface area (Å²) in [4.78, 5) is 24.6. The highest BCUT2D eigenvalue weighted by atomic mass is 32.3. The molecule has 2 heterocycles. The van der Waals surface area contributed by atoms with E-state index in [0.717, 1.165) is 16.9 Å². The number of fused-ring (bicyclic) bond motifs is 2. The molecule has 1 amide bonds. The van der Waals surface area contributed by atoms with Crippen molar-refractivity contribution < 1.29 is 27.1 Å². The van der Waals surface area contributed by atoms with Crippen LogP contribution < -0.4 is 10.6 Å². The van der Waals surface area contributed by atoms with Crippen LogP contribution in [0.2, 0.25) is 0 Å². The largest absolute Gasteiger partial charge is 0.394 e. The van der Waals surface area contributed by atoms with Crippen molar-refractivity contribution in [2.45, 2.75) is 0 Å². The van der Waals surface area contributed by atoms with E-state index in [4.69, 9.17) is 17.5 Å². The van der Waals surface area contributed by atoms with Crippen LogP contribution in [0.25, 0.3) is 5.57 Å². The number of para-hydroxylation sites is 2. The van der Waals surface area contributed by atoms with Gasteiger partial charge >= 0.3 is 10.4 Å². The van der Waals surface area contributed by atoms with Gasteiger partial charge in [-0.1, -0.05) is 30.3 Å². The van der Waals surface area contributed by atoms with E-state index in [1.54, 1.807) is 6.07 Å². The fourth-order valence-electron chi connectivity index (χ4n) is 2.66. The average molecular weight is 360 g/mol. The van der Waals surface area contributed by atoms with Gasteiger partial charge in [0.1, 0.15) is 5.70 Å². The van der Waals surface area contributed by atoms with Crippen molar-refractivity contribution >= 4 is 39.0 Å². The lowest BCUT2D eigenvalue weighted by molar-refractivity contribution is -0.110. The first kappa shape index (κ1) is 16.8. The second-order valence-electron chi connectivity index (χ2n) is 5.20. The first-order valence-corrected chi connectivity index (χ1v) is 8.41. The molecule has 0 aliphatic carbocycles. The van der Waals surface area contributed by atoms with Gasteiger partial charge in [0, 0.05) is 22.5 Å². The molecule has 0 saturated heterocycles. The smallest absolute Gasteiger partial charge is 0.351 e. The van der Waals surface area contributed by atoms with E-state index in [-0.39, 0.29) is 11.7 Å². The fourth-order valence-corrected chi connectivity index (χ4v) is 2.66. The predicted octanol–water partition coefficient (Wildman–Crippen LogP) is 2.01. The minimum Gasteiger partial charge on any atom is -0.351 e. The van der Waals surface area contributed by atoms with Crippen molar-refractivity contribution in [2.75, 3.05) is 10.6 Å². The molecule has 0 aromatic heterocycles. The maximum atomic E-state index is 12.4. The van der Waals surface area contributed by atoms with Gasteiger partial charge in [-0.25, -0.2) is 0 Å². The molecule has 0 saturated carbocycles. The summed E-state index contributed by atoms with van der Waals surface area (Å²) in [6.45, 7) is 0. The van der Waals surface area contributed by atoms with E-state index in [1.165, 1.54) is 0 Å². The number of carbonyl (C=O) groups excluding carboxylic acids is 2. The molecule has 4 rings (SSSR count). The lowest BCUT2D eigenvalue weighted by Gasteiger charge is -2.03. The van der Waals surface area contributed by atoms with Crippen molar-refractivity contribution in [3.63, 3.8) is 0 Å². The van der Waals surface area contributed by atoms with Crippen LogP contribution in [-0.2, 0) is 15.2 Å². The average Bonchev–Trinajstić information content (AvgIpc) is 3.02. The fraction of sp³-hybridized carbons (Fsp3) is 0. The number of hydrogen-bond donors (Lipinski definition) is 4. The number of rotatable bonds is 0. The molecule has 2 aromatic carbocycles. The molecule has 8 nitrogen and oxygen atoms in total. The van der Waals surface area contributed by atoms with Crippen molar-refractivity contribution in [3.8, 4) is 0 Å². The molecule has 0 fully saturated rings. The Morgan fingerprint density at radius 3 is 1.80 bits per heavy atom. The number of Topliss-reactive ketones (excluding diaryl/α,β-unsaturated/α-hetero) is 1. The summed E-state index contributed by atoms with van der Waals surface area (Å²) in [5, 5.41) is 5.85. The quantitative estimate of drug-likeness (QED) is 0.417. The number of amides is 1. The van der Waals surface area contributed by atoms with Gasteiger partial charge in [0.2, 0.25) is 5.78 Å². The summed E-state index contributed by atoms with van der Waals surface area (Å²) in [6, 6.07) is 14.6. The first-order valence-electron chi connectivity index (χ1n) is 7.01. The normalized spacial score (nSPS) is 17.8. The van der Waals surface area contributed by atoms with Crippen LogP contribution in [0, 0.1) is 0 Å². The Kier molecular flexibility index (Phi) is 4.13. The zero-order chi connectivity index (χ0) is 18.2. The van der Waals surface area contributed by atoms with Gasteiger partial charge in [0.15, 0.2) is 0 Å². The first-order chi connectivity index (χ1) is 11.8. The van der Waals surface area contributed by atoms with Crippen LogP contribution in [0.15, 0.2) is 54.2 Å². The predicted molar refractivity (Wildman–Crippen MR) is 90.6 cm³/mol. The minimum absolute atomic E-state index is 0.137. The molecule has 2 aliphatic rings. The minimum atomic E-state index is -4.67. The van der Waals surface area contributed by atoms with E-state index in [0.29, 0.717) is 16.8 Å². The van der Waals surface area contributed by atoms with Gasteiger partial charge in [0.25, 0.3) is 5.91 Å². The topological polar surface area (TPSA) is 133 Å².